The van der Waals surface area contributed by atoms with Crippen molar-refractivity contribution in [3.63, 3.8) is 0 Å². The fourth-order valence-corrected chi connectivity index (χ4v) is 2.35. The lowest BCUT2D eigenvalue weighted by Crippen LogP contribution is -2.07. The second-order valence-corrected chi connectivity index (χ2v) is 5.73. The van der Waals surface area contributed by atoms with Crippen LogP contribution >= 0.6 is 11.6 Å². The fraction of sp³-hybridized carbons (Fsp3) is 0.167. The van der Waals surface area contributed by atoms with Gasteiger partial charge in [0, 0.05) is 10.6 Å². The standard InChI is InChI=1S/C18H15ClN2O4/c1-11-3-5-12(6-4-11)17-20-16(25-21-17)10-24-18(22)14-9-13(19)7-8-15(14)23-2/h3-9H,10H2,1-2H3. The Morgan fingerprint density at radius 3 is 2.68 bits per heavy atom. The highest BCUT2D eigenvalue weighted by Crippen LogP contribution is 2.24. The molecule has 0 N–H and O–H groups in total. The summed E-state index contributed by atoms with van der Waals surface area (Å²) in [5.41, 5.74) is 2.19. The summed E-state index contributed by atoms with van der Waals surface area (Å²) >= 11 is 5.91. The van der Waals surface area contributed by atoms with E-state index in [9.17, 15) is 4.79 Å². The van der Waals surface area contributed by atoms with Crippen LogP contribution in [0.15, 0.2) is 47.0 Å². The van der Waals surface area contributed by atoms with E-state index < -0.39 is 5.97 Å². The summed E-state index contributed by atoms with van der Waals surface area (Å²) in [7, 11) is 1.46. The summed E-state index contributed by atoms with van der Waals surface area (Å²) in [4.78, 5) is 16.4. The maximum Gasteiger partial charge on any atom is 0.342 e. The molecule has 0 saturated heterocycles. The molecule has 0 aliphatic rings. The van der Waals surface area contributed by atoms with Crippen molar-refractivity contribution in [2.24, 2.45) is 0 Å². The maximum absolute atomic E-state index is 12.2. The highest BCUT2D eigenvalue weighted by molar-refractivity contribution is 6.31. The van der Waals surface area contributed by atoms with Crippen LogP contribution in [0.1, 0.15) is 21.8 Å². The van der Waals surface area contributed by atoms with Gasteiger partial charge in [-0.2, -0.15) is 4.98 Å². The molecule has 0 atom stereocenters. The van der Waals surface area contributed by atoms with Crippen molar-refractivity contribution in [3.8, 4) is 17.1 Å². The van der Waals surface area contributed by atoms with E-state index in [1.54, 1.807) is 12.1 Å². The Balaban J connectivity index is 1.69. The van der Waals surface area contributed by atoms with Crippen LogP contribution in [-0.2, 0) is 11.3 Å². The second-order valence-electron chi connectivity index (χ2n) is 5.30. The molecule has 0 saturated carbocycles. The smallest absolute Gasteiger partial charge is 0.342 e. The first-order chi connectivity index (χ1) is 12.1. The number of aryl methyl sites for hydroxylation is 1. The van der Waals surface area contributed by atoms with Crippen LogP contribution in [-0.4, -0.2) is 23.2 Å². The van der Waals surface area contributed by atoms with E-state index in [1.165, 1.54) is 13.2 Å². The maximum atomic E-state index is 12.2. The van der Waals surface area contributed by atoms with E-state index in [0.29, 0.717) is 16.6 Å². The Kier molecular flexibility index (Phi) is 5.00. The molecule has 7 heteroatoms. The number of halogens is 1. The van der Waals surface area contributed by atoms with Gasteiger partial charge >= 0.3 is 5.97 Å². The average molecular weight is 359 g/mol. The first-order valence-corrected chi connectivity index (χ1v) is 7.85. The Morgan fingerprint density at radius 2 is 1.96 bits per heavy atom. The lowest BCUT2D eigenvalue weighted by molar-refractivity contribution is 0.0426. The minimum absolute atomic E-state index is 0.145. The quantitative estimate of drug-likeness (QED) is 0.640. The second kappa shape index (κ2) is 7.36. The van der Waals surface area contributed by atoms with Crippen molar-refractivity contribution in [3.05, 3.63) is 64.5 Å². The van der Waals surface area contributed by atoms with Crippen LogP contribution in [0.4, 0.5) is 0 Å². The summed E-state index contributed by atoms with van der Waals surface area (Å²) in [5, 5.41) is 4.30. The van der Waals surface area contributed by atoms with Crippen LogP contribution in [0.25, 0.3) is 11.4 Å². The molecule has 2 aromatic carbocycles. The van der Waals surface area contributed by atoms with E-state index in [4.69, 9.17) is 25.6 Å². The molecule has 128 valence electrons. The predicted molar refractivity (Wildman–Crippen MR) is 91.6 cm³/mol. The molecule has 0 radical (unpaired) electrons. The Bertz CT molecular complexity index is 890. The monoisotopic (exact) mass is 358 g/mol. The molecule has 0 aliphatic carbocycles. The number of hydrogen-bond acceptors (Lipinski definition) is 6. The number of rotatable bonds is 5. The van der Waals surface area contributed by atoms with Crippen LogP contribution in [0, 0.1) is 6.92 Å². The number of methoxy groups -OCH3 is 1. The molecule has 3 rings (SSSR count). The molecular formula is C18H15ClN2O4. The minimum Gasteiger partial charge on any atom is -0.496 e. The summed E-state index contributed by atoms with van der Waals surface area (Å²) in [6, 6.07) is 12.4. The molecule has 0 spiro atoms. The number of esters is 1. The van der Waals surface area contributed by atoms with Gasteiger partial charge in [0.15, 0.2) is 6.61 Å². The molecule has 1 heterocycles. The van der Waals surface area contributed by atoms with Gasteiger partial charge in [-0.25, -0.2) is 4.79 Å². The lowest BCUT2D eigenvalue weighted by Gasteiger charge is -2.07. The molecule has 0 amide bonds. The number of benzene rings is 2. The average Bonchev–Trinajstić information content (AvgIpc) is 3.09. The molecule has 0 unspecified atom stereocenters. The molecule has 0 fully saturated rings. The van der Waals surface area contributed by atoms with Crippen LogP contribution in [0.2, 0.25) is 5.02 Å². The van der Waals surface area contributed by atoms with E-state index in [1.807, 2.05) is 31.2 Å². The van der Waals surface area contributed by atoms with Crippen LogP contribution in [0.5, 0.6) is 5.75 Å². The summed E-state index contributed by atoms with van der Waals surface area (Å²) in [6.45, 7) is 1.85. The van der Waals surface area contributed by atoms with Crippen molar-refractivity contribution in [2.75, 3.05) is 7.11 Å². The molecule has 25 heavy (non-hydrogen) atoms. The highest BCUT2D eigenvalue weighted by Gasteiger charge is 2.16. The zero-order chi connectivity index (χ0) is 17.8. The summed E-state index contributed by atoms with van der Waals surface area (Å²) < 4.78 is 15.5. The summed E-state index contributed by atoms with van der Waals surface area (Å²) in [5.74, 6) is 0.422. The number of hydrogen-bond donors (Lipinski definition) is 0. The van der Waals surface area contributed by atoms with Crippen LogP contribution < -0.4 is 4.74 Å². The predicted octanol–water partition coefficient (Wildman–Crippen LogP) is 4.06. The largest absolute Gasteiger partial charge is 0.496 e. The highest BCUT2D eigenvalue weighted by atomic mass is 35.5. The van der Waals surface area contributed by atoms with Gasteiger partial charge in [0.2, 0.25) is 5.82 Å². The Morgan fingerprint density at radius 1 is 1.20 bits per heavy atom. The van der Waals surface area contributed by atoms with Crippen molar-refractivity contribution >= 4 is 17.6 Å². The first kappa shape index (κ1) is 17.0. The fourth-order valence-electron chi connectivity index (χ4n) is 2.18. The van der Waals surface area contributed by atoms with Crippen LogP contribution in [0.3, 0.4) is 0 Å². The normalized spacial score (nSPS) is 10.5. The molecule has 3 aromatic rings. The zero-order valence-corrected chi connectivity index (χ0v) is 14.4. The van der Waals surface area contributed by atoms with E-state index in [-0.39, 0.29) is 18.1 Å². The zero-order valence-electron chi connectivity index (χ0n) is 13.7. The number of carbonyl (C=O) groups is 1. The number of carbonyl (C=O) groups excluding carboxylic acids is 1. The van der Waals surface area contributed by atoms with Crippen molar-refractivity contribution in [1.82, 2.24) is 10.1 Å². The van der Waals surface area contributed by atoms with Gasteiger partial charge in [-0.1, -0.05) is 46.6 Å². The molecule has 6 nitrogen and oxygen atoms in total. The minimum atomic E-state index is -0.588. The van der Waals surface area contributed by atoms with Crippen molar-refractivity contribution in [1.29, 1.82) is 0 Å². The van der Waals surface area contributed by atoms with Gasteiger partial charge in [0.1, 0.15) is 11.3 Å². The first-order valence-electron chi connectivity index (χ1n) is 7.47. The van der Waals surface area contributed by atoms with Crippen molar-refractivity contribution < 1.29 is 18.8 Å². The van der Waals surface area contributed by atoms with Gasteiger partial charge in [-0.05, 0) is 25.1 Å². The van der Waals surface area contributed by atoms with Crippen molar-refractivity contribution in [2.45, 2.75) is 13.5 Å². The lowest BCUT2D eigenvalue weighted by atomic mass is 10.1. The SMILES string of the molecule is COc1ccc(Cl)cc1C(=O)OCc1nc(-c2ccc(C)cc2)no1. The third kappa shape index (κ3) is 3.97. The Hall–Kier alpha value is -2.86. The van der Waals surface area contributed by atoms with E-state index in [0.717, 1.165) is 11.1 Å². The Labute approximate surface area is 149 Å². The molecule has 0 aliphatic heterocycles. The molecule has 1 aromatic heterocycles. The molecule has 0 bridgehead atoms. The van der Waals surface area contributed by atoms with Gasteiger partial charge in [0.25, 0.3) is 5.89 Å². The number of ether oxygens (including phenoxy) is 2. The third-order valence-corrected chi connectivity index (χ3v) is 3.72. The topological polar surface area (TPSA) is 74.5 Å². The van der Waals surface area contributed by atoms with Gasteiger partial charge in [-0.15, -0.1) is 0 Å². The van der Waals surface area contributed by atoms with Gasteiger partial charge < -0.3 is 14.0 Å². The van der Waals surface area contributed by atoms with E-state index >= 15 is 0 Å². The summed E-state index contributed by atoms with van der Waals surface area (Å²) in [6.07, 6.45) is 0. The van der Waals surface area contributed by atoms with E-state index in [2.05, 4.69) is 10.1 Å². The van der Waals surface area contributed by atoms with Gasteiger partial charge in [-0.3, -0.25) is 0 Å². The third-order valence-electron chi connectivity index (χ3n) is 3.49. The number of aromatic nitrogens is 2. The number of nitrogens with zero attached hydrogens (tertiary/aromatic N) is 2. The molecular weight excluding hydrogens is 344 g/mol. The van der Waals surface area contributed by atoms with Gasteiger partial charge in [0.05, 0.1) is 7.11 Å².